The second kappa shape index (κ2) is 8.63. The summed E-state index contributed by atoms with van der Waals surface area (Å²) in [6, 6.07) is 9.90. The number of ketones is 1. The summed E-state index contributed by atoms with van der Waals surface area (Å²) in [5, 5.41) is 10.2. The number of Topliss-reactive ketones (excluding diaryl/α,β-unsaturated/α-hetero) is 1. The molecular weight excluding hydrogens is 288 g/mol. The Labute approximate surface area is 138 Å². The van der Waals surface area contributed by atoms with E-state index in [1.165, 1.54) is 0 Å². The van der Waals surface area contributed by atoms with Crippen molar-refractivity contribution in [2.75, 3.05) is 27.2 Å². The maximum absolute atomic E-state index is 12.3. The van der Waals surface area contributed by atoms with Crippen molar-refractivity contribution >= 4 is 12.0 Å². The molecule has 4 nitrogen and oxygen atoms in total. The highest BCUT2D eigenvalue weighted by atomic mass is 16.3. The normalized spacial score (nSPS) is 19.1. The fraction of sp³-hybridized carbons (Fsp3) is 0.474. The van der Waals surface area contributed by atoms with Gasteiger partial charge in [-0.1, -0.05) is 30.3 Å². The predicted octanol–water partition coefficient (Wildman–Crippen LogP) is 3.36. The highest BCUT2D eigenvalue weighted by Gasteiger charge is 2.27. The van der Waals surface area contributed by atoms with Gasteiger partial charge < -0.3 is 10.0 Å². The SMILES string of the molecule is CN(C)CCCCN=CC1=C(O)CC(c2ccccc2)CC1=O. The van der Waals surface area contributed by atoms with Gasteiger partial charge in [-0.25, -0.2) is 0 Å². The van der Waals surface area contributed by atoms with E-state index in [-0.39, 0.29) is 17.5 Å². The monoisotopic (exact) mass is 314 g/mol. The van der Waals surface area contributed by atoms with Crippen LogP contribution in [0.4, 0.5) is 0 Å². The van der Waals surface area contributed by atoms with E-state index in [4.69, 9.17) is 0 Å². The lowest BCUT2D eigenvalue weighted by molar-refractivity contribution is -0.116. The molecule has 1 N–H and O–H groups in total. The summed E-state index contributed by atoms with van der Waals surface area (Å²) in [6.07, 6.45) is 4.59. The molecule has 0 fully saturated rings. The van der Waals surface area contributed by atoms with E-state index < -0.39 is 0 Å². The van der Waals surface area contributed by atoms with Gasteiger partial charge in [0, 0.05) is 25.6 Å². The fourth-order valence-electron chi connectivity index (χ4n) is 2.80. The second-order valence-electron chi connectivity index (χ2n) is 6.35. The van der Waals surface area contributed by atoms with Crippen LogP contribution in [0.15, 0.2) is 46.7 Å². The average Bonchev–Trinajstić information content (AvgIpc) is 2.53. The Morgan fingerprint density at radius 2 is 1.96 bits per heavy atom. The van der Waals surface area contributed by atoms with Crippen LogP contribution < -0.4 is 0 Å². The van der Waals surface area contributed by atoms with Crippen LogP contribution in [-0.4, -0.2) is 49.2 Å². The molecule has 0 bridgehead atoms. The van der Waals surface area contributed by atoms with Crippen molar-refractivity contribution in [3.8, 4) is 0 Å². The summed E-state index contributed by atoms with van der Waals surface area (Å²) in [7, 11) is 4.10. The zero-order valence-corrected chi connectivity index (χ0v) is 14.0. The third kappa shape index (κ3) is 5.32. The van der Waals surface area contributed by atoms with E-state index in [2.05, 4.69) is 24.0 Å². The molecule has 0 saturated carbocycles. The molecule has 0 aliphatic heterocycles. The molecule has 1 aromatic rings. The van der Waals surface area contributed by atoms with Crippen molar-refractivity contribution < 1.29 is 9.90 Å². The van der Waals surface area contributed by atoms with Gasteiger partial charge in [-0.2, -0.15) is 0 Å². The zero-order valence-electron chi connectivity index (χ0n) is 14.0. The van der Waals surface area contributed by atoms with Crippen molar-refractivity contribution in [2.24, 2.45) is 4.99 Å². The molecule has 0 radical (unpaired) electrons. The summed E-state index contributed by atoms with van der Waals surface area (Å²) in [5.74, 6) is 0.229. The molecule has 1 aliphatic rings. The molecule has 1 aliphatic carbocycles. The van der Waals surface area contributed by atoms with E-state index >= 15 is 0 Å². The number of hydrogen-bond donors (Lipinski definition) is 1. The molecule has 0 amide bonds. The second-order valence-corrected chi connectivity index (χ2v) is 6.35. The largest absolute Gasteiger partial charge is 0.511 e. The molecule has 1 aromatic carbocycles. The lowest BCUT2D eigenvalue weighted by Gasteiger charge is -2.22. The number of unbranched alkanes of at least 4 members (excludes halogenated alkanes) is 1. The van der Waals surface area contributed by atoms with Gasteiger partial charge in [-0.3, -0.25) is 9.79 Å². The first-order valence-corrected chi connectivity index (χ1v) is 8.22. The number of nitrogens with zero attached hydrogens (tertiary/aromatic N) is 2. The Morgan fingerprint density at radius 1 is 1.22 bits per heavy atom. The number of carbonyl (C=O) groups is 1. The van der Waals surface area contributed by atoms with E-state index in [1.54, 1.807) is 6.21 Å². The first kappa shape index (κ1) is 17.4. The number of aliphatic hydroxyl groups excluding tert-OH is 1. The number of aliphatic hydroxyl groups is 1. The Hall–Kier alpha value is -1.94. The van der Waals surface area contributed by atoms with Crippen LogP contribution in [0.3, 0.4) is 0 Å². The fourth-order valence-corrected chi connectivity index (χ4v) is 2.80. The van der Waals surface area contributed by atoms with Gasteiger partial charge in [0.1, 0.15) is 5.76 Å². The topological polar surface area (TPSA) is 52.9 Å². The van der Waals surface area contributed by atoms with Crippen molar-refractivity contribution in [3.63, 3.8) is 0 Å². The third-order valence-electron chi connectivity index (χ3n) is 4.12. The maximum atomic E-state index is 12.3. The summed E-state index contributed by atoms with van der Waals surface area (Å²) in [6.45, 7) is 1.74. The number of benzene rings is 1. The number of aliphatic imine (C=N–C) groups is 1. The lowest BCUT2D eigenvalue weighted by Crippen LogP contribution is -2.19. The predicted molar refractivity (Wildman–Crippen MR) is 94.2 cm³/mol. The Morgan fingerprint density at radius 3 is 2.61 bits per heavy atom. The number of hydrogen-bond acceptors (Lipinski definition) is 4. The molecular formula is C19H26N2O2. The highest BCUT2D eigenvalue weighted by Crippen LogP contribution is 2.32. The van der Waals surface area contributed by atoms with Crippen molar-refractivity contribution in [1.29, 1.82) is 0 Å². The van der Waals surface area contributed by atoms with Crippen molar-refractivity contribution in [3.05, 3.63) is 47.2 Å². The molecule has 2 rings (SSSR count). The summed E-state index contributed by atoms with van der Waals surface area (Å²) < 4.78 is 0. The van der Waals surface area contributed by atoms with Gasteiger partial charge in [0.05, 0.1) is 5.57 Å². The van der Waals surface area contributed by atoms with Gasteiger partial charge in [0.25, 0.3) is 0 Å². The number of rotatable bonds is 7. The molecule has 1 unspecified atom stereocenters. The van der Waals surface area contributed by atoms with Crippen LogP contribution in [0.1, 0.15) is 37.2 Å². The minimum atomic E-state index is -0.0142. The molecule has 0 heterocycles. The van der Waals surface area contributed by atoms with Crippen LogP contribution in [-0.2, 0) is 4.79 Å². The molecule has 1 atom stereocenters. The van der Waals surface area contributed by atoms with Crippen LogP contribution in [0.5, 0.6) is 0 Å². The highest BCUT2D eigenvalue weighted by molar-refractivity contribution is 6.14. The van der Waals surface area contributed by atoms with Crippen LogP contribution in [0, 0.1) is 0 Å². The lowest BCUT2D eigenvalue weighted by atomic mass is 9.83. The van der Waals surface area contributed by atoms with E-state index in [9.17, 15) is 9.90 Å². The molecule has 23 heavy (non-hydrogen) atoms. The van der Waals surface area contributed by atoms with Gasteiger partial charge in [-0.15, -0.1) is 0 Å². The van der Waals surface area contributed by atoms with Gasteiger partial charge >= 0.3 is 0 Å². The Bertz CT molecular complexity index is 576. The first-order valence-electron chi connectivity index (χ1n) is 8.22. The quantitative estimate of drug-likeness (QED) is 0.620. The third-order valence-corrected chi connectivity index (χ3v) is 4.12. The van der Waals surface area contributed by atoms with Gasteiger partial charge in [-0.05, 0) is 45.0 Å². The van der Waals surface area contributed by atoms with Crippen molar-refractivity contribution in [2.45, 2.75) is 31.6 Å². The minimum absolute atomic E-state index is 0.0142. The summed E-state index contributed by atoms with van der Waals surface area (Å²) in [4.78, 5) is 18.7. The van der Waals surface area contributed by atoms with E-state index in [0.29, 0.717) is 25.0 Å². The molecule has 124 valence electrons. The molecule has 0 spiro atoms. The molecule has 0 aromatic heterocycles. The van der Waals surface area contributed by atoms with Crippen LogP contribution in [0.2, 0.25) is 0 Å². The molecule has 4 heteroatoms. The Balaban J connectivity index is 1.91. The van der Waals surface area contributed by atoms with Crippen molar-refractivity contribution in [1.82, 2.24) is 4.90 Å². The average molecular weight is 314 g/mol. The zero-order chi connectivity index (χ0) is 16.7. The van der Waals surface area contributed by atoms with E-state index in [0.717, 1.165) is 24.9 Å². The summed E-state index contributed by atoms with van der Waals surface area (Å²) >= 11 is 0. The standard InChI is InChI=1S/C19H26N2O2/c1-21(2)11-7-6-10-20-14-17-18(22)12-16(13-19(17)23)15-8-4-3-5-9-15/h3-5,8-9,14,16,22H,6-7,10-13H2,1-2H3. The van der Waals surface area contributed by atoms with Crippen LogP contribution in [0.25, 0.3) is 0 Å². The minimum Gasteiger partial charge on any atom is -0.511 e. The maximum Gasteiger partial charge on any atom is 0.168 e. The van der Waals surface area contributed by atoms with Gasteiger partial charge in [0.2, 0.25) is 0 Å². The smallest absolute Gasteiger partial charge is 0.168 e. The number of allylic oxidation sites excluding steroid dienone is 2. The summed E-state index contributed by atoms with van der Waals surface area (Å²) in [5.41, 5.74) is 1.50. The molecule has 0 saturated heterocycles. The first-order chi connectivity index (χ1) is 11.1. The number of carbonyl (C=O) groups excluding carboxylic acids is 1. The van der Waals surface area contributed by atoms with Crippen LogP contribution >= 0.6 is 0 Å². The van der Waals surface area contributed by atoms with Gasteiger partial charge in [0.15, 0.2) is 5.78 Å². The Kier molecular flexibility index (Phi) is 6.53. The van der Waals surface area contributed by atoms with E-state index in [1.807, 2.05) is 30.3 Å².